The highest BCUT2D eigenvalue weighted by Gasteiger charge is 2.28. The SMILES string of the molecule is CC1c2c(F)cccc2CCN1C(=O)CN.Cl. The third-order valence-corrected chi connectivity index (χ3v) is 3.15. The molecule has 1 unspecified atom stereocenters. The number of nitrogens with zero attached hydrogens (tertiary/aromatic N) is 1. The van der Waals surface area contributed by atoms with Crippen LogP contribution >= 0.6 is 12.4 Å². The van der Waals surface area contributed by atoms with E-state index in [1.165, 1.54) is 6.07 Å². The number of hydrogen-bond donors (Lipinski definition) is 1. The minimum absolute atomic E-state index is 0. The first kappa shape index (κ1) is 13.9. The average molecular weight is 259 g/mol. The van der Waals surface area contributed by atoms with Gasteiger partial charge in [0.25, 0.3) is 0 Å². The molecule has 1 aromatic carbocycles. The van der Waals surface area contributed by atoms with E-state index in [0.29, 0.717) is 18.5 Å². The van der Waals surface area contributed by atoms with E-state index in [4.69, 9.17) is 5.73 Å². The number of rotatable bonds is 1. The van der Waals surface area contributed by atoms with E-state index in [9.17, 15) is 9.18 Å². The first-order chi connectivity index (χ1) is 7.65. The smallest absolute Gasteiger partial charge is 0.236 e. The topological polar surface area (TPSA) is 46.3 Å². The van der Waals surface area contributed by atoms with Gasteiger partial charge in [-0.3, -0.25) is 4.79 Å². The van der Waals surface area contributed by atoms with Crippen LogP contribution in [0.3, 0.4) is 0 Å². The summed E-state index contributed by atoms with van der Waals surface area (Å²) in [7, 11) is 0. The maximum Gasteiger partial charge on any atom is 0.236 e. The lowest BCUT2D eigenvalue weighted by molar-refractivity contribution is -0.132. The number of carbonyl (C=O) groups excluding carboxylic acids is 1. The number of benzene rings is 1. The molecule has 1 aromatic rings. The van der Waals surface area contributed by atoms with Gasteiger partial charge in [-0.25, -0.2) is 4.39 Å². The lowest BCUT2D eigenvalue weighted by Gasteiger charge is -2.35. The van der Waals surface area contributed by atoms with Crippen LogP contribution in [0.5, 0.6) is 0 Å². The molecule has 0 saturated carbocycles. The lowest BCUT2D eigenvalue weighted by atomic mass is 9.93. The second-order valence-corrected chi connectivity index (χ2v) is 4.03. The van der Waals surface area contributed by atoms with Crippen molar-refractivity contribution < 1.29 is 9.18 Å². The molecule has 94 valence electrons. The Labute approximate surface area is 106 Å². The first-order valence-electron chi connectivity index (χ1n) is 5.42. The molecule has 5 heteroatoms. The minimum atomic E-state index is -0.237. The van der Waals surface area contributed by atoms with E-state index in [1.807, 2.05) is 13.0 Å². The maximum atomic E-state index is 13.7. The van der Waals surface area contributed by atoms with Crippen molar-refractivity contribution in [1.29, 1.82) is 0 Å². The van der Waals surface area contributed by atoms with Gasteiger partial charge in [-0.1, -0.05) is 12.1 Å². The zero-order valence-electron chi connectivity index (χ0n) is 9.65. The molecule has 0 radical (unpaired) electrons. The third-order valence-electron chi connectivity index (χ3n) is 3.15. The summed E-state index contributed by atoms with van der Waals surface area (Å²) in [6.07, 6.45) is 0.698. The Morgan fingerprint density at radius 3 is 2.94 bits per heavy atom. The highest BCUT2D eigenvalue weighted by molar-refractivity contribution is 5.85. The first-order valence-corrected chi connectivity index (χ1v) is 5.42. The molecule has 1 aliphatic heterocycles. The van der Waals surface area contributed by atoms with Crippen molar-refractivity contribution in [3.05, 3.63) is 35.1 Å². The second kappa shape index (κ2) is 5.47. The fourth-order valence-electron chi connectivity index (χ4n) is 2.32. The van der Waals surface area contributed by atoms with Crippen molar-refractivity contribution in [2.45, 2.75) is 19.4 Å². The summed E-state index contributed by atoms with van der Waals surface area (Å²) in [5.41, 5.74) is 6.97. The molecule has 0 aromatic heterocycles. The van der Waals surface area contributed by atoms with Gasteiger partial charge in [-0.05, 0) is 25.0 Å². The molecule has 0 fully saturated rings. The molecule has 0 aliphatic carbocycles. The van der Waals surface area contributed by atoms with E-state index in [1.54, 1.807) is 11.0 Å². The van der Waals surface area contributed by atoms with Gasteiger partial charge >= 0.3 is 0 Å². The van der Waals surface area contributed by atoms with Crippen LogP contribution in [0.15, 0.2) is 18.2 Å². The highest BCUT2D eigenvalue weighted by atomic mass is 35.5. The summed E-state index contributed by atoms with van der Waals surface area (Å²) in [5.74, 6) is -0.360. The molecule has 0 spiro atoms. The van der Waals surface area contributed by atoms with Crippen LogP contribution in [-0.2, 0) is 11.2 Å². The normalized spacial score (nSPS) is 18.3. The maximum absolute atomic E-state index is 13.7. The predicted octanol–water partition coefficient (Wildman–Crippen LogP) is 1.65. The Bertz CT molecular complexity index is 425. The molecule has 0 saturated heterocycles. The summed E-state index contributed by atoms with van der Waals surface area (Å²) in [6.45, 7) is 2.44. The van der Waals surface area contributed by atoms with Crippen molar-refractivity contribution in [3.63, 3.8) is 0 Å². The van der Waals surface area contributed by atoms with Gasteiger partial charge in [-0.2, -0.15) is 0 Å². The monoisotopic (exact) mass is 258 g/mol. The van der Waals surface area contributed by atoms with Gasteiger partial charge in [-0.15, -0.1) is 12.4 Å². The van der Waals surface area contributed by atoms with E-state index < -0.39 is 0 Å². The van der Waals surface area contributed by atoms with Crippen LogP contribution in [0.4, 0.5) is 4.39 Å². The Morgan fingerprint density at radius 1 is 1.59 bits per heavy atom. The Hall–Kier alpha value is -1.13. The fourth-order valence-corrected chi connectivity index (χ4v) is 2.32. The predicted molar refractivity (Wildman–Crippen MR) is 66.5 cm³/mol. The molecule has 1 aliphatic rings. The molecule has 17 heavy (non-hydrogen) atoms. The van der Waals surface area contributed by atoms with Gasteiger partial charge in [0.2, 0.25) is 5.91 Å². The van der Waals surface area contributed by atoms with Crippen LogP contribution in [0.2, 0.25) is 0 Å². The number of nitrogens with two attached hydrogens (primary N) is 1. The number of halogens is 2. The fraction of sp³-hybridized carbons (Fsp3) is 0.417. The van der Waals surface area contributed by atoms with Crippen LogP contribution in [0, 0.1) is 5.82 Å². The van der Waals surface area contributed by atoms with Gasteiger partial charge in [0.05, 0.1) is 12.6 Å². The Balaban J connectivity index is 0.00000144. The molecule has 2 rings (SSSR count). The van der Waals surface area contributed by atoms with E-state index in [2.05, 4.69) is 0 Å². The van der Waals surface area contributed by atoms with E-state index in [0.717, 1.165) is 5.56 Å². The minimum Gasteiger partial charge on any atom is -0.334 e. The molecule has 3 nitrogen and oxygen atoms in total. The third kappa shape index (κ3) is 2.42. The van der Waals surface area contributed by atoms with Crippen LogP contribution in [0.25, 0.3) is 0 Å². The van der Waals surface area contributed by atoms with E-state index in [-0.39, 0.29) is 36.7 Å². The van der Waals surface area contributed by atoms with Gasteiger partial charge in [0.1, 0.15) is 5.82 Å². The van der Waals surface area contributed by atoms with Gasteiger partial charge < -0.3 is 10.6 Å². The number of fused-ring (bicyclic) bond motifs is 1. The summed E-state index contributed by atoms with van der Waals surface area (Å²) >= 11 is 0. The van der Waals surface area contributed by atoms with Gasteiger partial charge in [0, 0.05) is 12.1 Å². The van der Waals surface area contributed by atoms with Crippen molar-refractivity contribution in [2.24, 2.45) is 5.73 Å². The number of hydrogen-bond acceptors (Lipinski definition) is 2. The molecule has 1 atom stereocenters. The molecular weight excluding hydrogens is 243 g/mol. The zero-order valence-corrected chi connectivity index (χ0v) is 10.5. The quantitative estimate of drug-likeness (QED) is 0.833. The molecule has 1 heterocycles. The average Bonchev–Trinajstić information content (AvgIpc) is 2.28. The summed E-state index contributed by atoms with van der Waals surface area (Å²) in [5, 5.41) is 0. The molecular formula is C12H16ClFN2O. The van der Waals surface area contributed by atoms with Gasteiger partial charge in [0.15, 0.2) is 0 Å². The Morgan fingerprint density at radius 2 is 2.29 bits per heavy atom. The van der Waals surface area contributed by atoms with Crippen molar-refractivity contribution in [1.82, 2.24) is 4.90 Å². The standard InChI is InChI=1S/C12H15FN2O.ClH/c1-8-12-9(3-2-4-10(12)13)5-6-15(8)11(16)7-14;/h2-4,8H,5-7,14H2,1H3;1H. The molecule has 2 N–H and O–H groups in total. The van der Waals surface area contributed by atoms with Crippen molar-refractivity contribution in [2.75, 3.05) is 13.1 Å². The summed E-state index contributed by atoms with van der Waals surface area (Å²) in [6, 6.07) is 4.84. The largest absolute Gasteiger partial charge is 0.334 e. The number of amides is 1. The Kier molecular flexibility index (Phi) is 4.48. The summed E-state index contributed by atoms with van der Waals surface area (Å²) in [4.78, 5) is 13.2. The van der Waals surface area contributed by atoms with Crippen LogP contribution in [0.1, 0.15) is 24.1 Å². The highest BCUT2D eigenvalue weighted by Crippen LogP contribution is 2.31. The van der Waals surface area contributed by atoms with Crippen molar-refractivity contribution >= 4 is 18.3 Å². The van der Waals surface area contributed by atoms with Crippen molar-refractivity contribution in [3.8, 4) is 0 Å². The number of carbonyl (C=O) groups is 1. The van der Waals surface area contributed by atoms with E-state index >= 15 is 0 Å². The lowest BCUT2D eigenvalue weighted by Crippen LogP contribution is -2.42. The zero-order chi connectivity index (χ0) is 11.7. The molecule has 1 amide bonds. The van der Waals surface area contributed by atoms with Crippen LogP contribution in [-0.4, -0.2) is 23.9 Å². The van der Waals surface area contributed by atoms with Crippen LogP contribution < -0.4 is 5.73 Å². The molecule has 0 bridgehead atoms. The second-order valence-electron chi connectivity index (χ2n) is 4.03. The summed E-state index contributed by atoms with van der Waals surface area (Å²) < 4.78 is 13.7.